The lowest BCUT2D eigenvalue weighted by Gasteiger charge is -2.38. The lowest BCUT2D eigenvalue weighted by Crippen LogP contribution is -2.41. The van der Waals surface area contributed by atoms with Crippen LogP contribution in [-0.4, -0.2) is 31.1 Å². The van der Waals surface area contributed by atoms with Gasteiger partial charge in [-0.2, -0.15) is 0 Å². The van der Waals surface area contributed by atoms with E-state index in [0.717, 1.165) is 5.92 Å². The molecule has 0 bridgehead atoms. The van der Waals surface area contributed by atoms with Crippen molar-refractivity contribution in [2.75, 3.05) is 26.2 Å². The third-order valence-electron chi connectivity index (χ3n) is 4.83. The first-order valence-corrected chi connectivity index (χ1v) is 9.72. The van der Waals surface area contributed by atoms with Crippen LogP contribution in [0.2, 0.25) is 0 Å². The smallest absolute Gasteiger partial charge is 0.0707 e. The van der Waals surface area contributed by atoms with Gasteiger partial charge in [0.1, 0.15) is 0 Å². The molecule has 1 fully saturated rings. The van der Waals surface area contributed by atoms with Gasteiger partial charge in [-0.3, -0.25) is 4.90 Å². The molecule has 0 spiro atoms. The SMILES string of the molecule is Cl.c1csc(C2c3ccsc3CCN2CC2CCNCC2)c1. The molecule has 4 heterocycles. The van der Waals surface area contributed by atoms with Gasteiger partial charge in [0, 0.05) is 22.8 Å². The van der Waals surface area contributed by atoms with Crippen LogP contribution in [0, 0.1) is 5.92 Å². The topological polar surface area (TPSA) is 15.3 Å². The van der Waals surface area contributed by atoms with Crippen molar-refractivity contribution in [1.82, 2.24) is 10.2 Å². The van der Waals surface area contributed by atoms with E-state index in [4.69, 9.17) is 0 Å². The van der Waals surface area contributed by atoms with Crippen molar-refractivity contribution in [3.05, 3.63) is 44.3 Å². The molecule has 0 aromatic carbocycles. The summed E-state index contributed by atoms with van der Waals surface area (Å²) in [5.41, 5.74) is 1.57. The molecule has 1 N–H and O–H groups in total. The number of nitrogens with zero attached hydrogens (tertiary/aromatic N) is 1. The zero-order valence-electron chi connectivity index (χ0n) is 12.7. The second kappa shape index (κ2) is 7.45. The highest BCUT2D eigenvalue weighted by molar-refractivity contribution is 7.10. The van der Waals surface area contributed by atoms with Gasteiger partial charge in [0.15, 0.2) is 0 Å². The van der Waals surface area contributed by atoms with Crippen molar-refractivity contribution in [2.24, 2.45) is 5.92 Å². The van der Waals surface area contributed by atoms with E-state index in [0.29, 0.717) is 6.04 Å². The first-order chi connectivity index (χ1) is 10.4. The molecule has 22 heavy (non-hydrogen) atoms. The number of fused-ring (bicyclic) bond motifs is 1. The summed E-state index contributed by atoms with van der Waals surface area (Å²) < 4.78 is 0. The van der Waals surface area contributed by atoms with E-state index in [-0.39, 0.29) is 12.4 Å². The molecule has 0 saturated carbocycles. The number of piperidine rings is 1. The van der Waals surface area contributed by atoms with Gasteiger partial charge in [-0.05, 0) is 66.7 Å². The zero-order valence-corrected chi connectivity index (χ0v) is 15.1. The molecule has 5 heteroatoms. The molecule has 2 aliphatic rings. The van der Waals surface area contributed by atoms with E-state index < -0.39 is 0 Å². The summed E-state index contributed by atoms with van der Waals surface area (Å²) in [6.45, 7) is 4.89. The maximum absolute atomic E-state index is 3.49. The lowest BCUT2D eigenvalue weighted by molar-refractivity contribution is 0.166. The van der Waals surface area contributed by atoms with Crippen molar-refractivity contribution in [2.45, 2.75) is 25.3 Å². The summed E-state index contributed by atoms with van der Waals surface area (Å²) in [4.78, 5) is 5.87. The van der Waals surface area contributed by atoms with Crippen LogP contribution < -0.4 is 5.32 Å². The second-order valence-corrected chi connectivity index (χ2v) is 8.14. The van der Waals surface area contributed by atoms with E-state index in [1.54, 1.807) is 10.4 Å². The van der Waals surface area contributed by atoms with E-state index >= 15 is 0 Å². The summed E-state index contributed by atoms with van der Waals surface area (Å²) in [7, 11) is 0. The van der Waals surface area contributed by atoms with Crippen LogP contribution in [-0.2, 0) is 6.42 Å². The van der Waals surface area contributed by atoms with Gasteiger partial charge in [0.05, 0.1) is 6.04 Å². The van der Waals surface area contributed by atoms with Crippen LogP contribution in [0.25, 0.3) is 0 Å². The molecule has 4 rings (SSSR count). The number of nitrogens with one attached hydrogen (secondary N) is 1. The minimum atomic E-state index is 0. The lowest BCUT2D eigenvalue weighted by atomic mass is 9.93. The van der Waals surface area contributed by atoms with Crippen LogP contribution in [0.4, 0.5) is 0 Å². The Balaban J connectivity index is 0.00000144. The molecule has 1 saturated heterocycles. The highest BCUT2D eigenvalue weighted by Gasteiger charge is 2.31. The zero-order chi connectivity index (χ0) is 14.1. The Morgan fingerprint density at radius 3 is 2.77 bits per heavy atom. The second-order valence-electron chi connectivity index (χ2n) is 6.16. The predicted octanol–water partition coefficient (Wildman–Crippen LogP) is 4.18. The Bertz CT molecular complexity index is 575. The Morgan fingerprint density at radius 2 is 2.00 bits per heavy atom. The Kier molecular flexibility index (Phi) is 5.58. The number of rotatable bonds is 3. The van der Waals surface area contributed by atoms with Crippen LogP contribution in [0.5, 0.6) is 0 Å². The summed E-state index contributed by atoms with van der Waals surface area (Å²) in [5.74, 6) is 0.869. The van der Waals surface area contributed by atoms with Gasteiger partial charge < -0.3 is 5.32 Å². The fourth-order valence-electron chi connectivity index (χ4n) is 3.74. The number of hydrogen-bond acceptors (Lipinski definition) is 4. The first-order valence-electron chi connectivity index (χ1n) is 7.96. The van der Waals surface area contributed by atoms with Crippen LogP contribution in [0.1, 0.15) is 34.2 Å². The number of halogens is 1. The molecule has 2 aromatic rings. The summed E-state index contributed by atoms with van der Waals surface area (Å²) in [6.07, 6.45) is 3.91. The van der Waals surface area contributed by atoms with Gasteiger partial charge in [-0.25, -0.2) is 0 Å². The first kappa shape index (κ1) is 16.5. The molecule has 0 radical (unpaired) electrons. The molecule has 1 atom stereocenters. The van der Waals surface area contributed by atoms with E-state index in [1.807, 2.05) is 22.7 Å². The van der Waals surface area contributed by atoms with Gasteiger partial charge in [-0.1, -0.05) is 6.07 Å². The van der Waals surface area contributed by atoms with E-state index in [1.165, 1.54) is 50.3 Å². The fourth-order valence-corrected chi connectivity index (χ4v) is 5.52. The maximum atomic E-state index is 3.49. The highest BCUT2D eigenvalue weighted by atomic mass is 35.5. The average molecular weight is 355 g/mol. The number of thiophene rings is 2. The molecule has 2 aliphatic heterocycles. The molecule has 2 aromatic heterocycles. The molecule has 0 amide bonds. The summed E-state index contributed by atoms with van der Waals surface area (Å²) >= 11 is 3.86. The van der Waals surface area contributed by atoms with Gasteiger partial charge in [0.2, 0.25) is 0 Å². The van der Waals surface area contributed by atoms with Crippen molar-refractivity contribution in [3.8, 4) is 0 Å². The van der Waals surface area contributed by atoms with Crippen molar-refractivity contribution >= 4 is 35.1 Å². The molecular formula is C17H23ClN2S2. The Hall–Kier alpha value is -0.390. The third-order valence-corrected chi connectivity index (χ3v) is 6.75. The highest BCUT2D eigenvalue weighted by Crippen LogP contribution is 2.40. The fraction of sp³-hybridized carbons (Fsp3) is 0.529. The predicted molar refractivity (Wildman–Crippen MR) is 98.6 cm³/mol. The Morgan fingerprint density at radius 1 is 1.14 bits per heavy atom. The molecular weight excluding hydrogens is 332 g/mol. The van der Waals surface area contributed by atoms with Crippen LogP contribution in [0.15, 0.2) is 29.0 Å². The number of hydrogen-bond donors (Lipinski definition) is 1. The van der Waals surface area contributed by atoms with Gasteiger partial charge in [-0.15, -0.1) is 35.1 Å². The largest absolute Gasteiger partial charge is 0.317 e. The van der Waals surface area contributed by atoms with Gasteiger partial charge in [0.25, 0.3) is 0 Å². The van der Waals surface area contributed by atoms with Crippen molar-refractivity contribution < 1.29 is 0 Å². The molecule has 1 unspecified atom stereocenters. The average Bonchev–Trinajstić information content (AvgIpc) is 3.19. The Labute approximate surface area is 147 Å². The quantitative estimate of drug-likeness (QED) is 0.889. The maximum Gasteiger partial charge on any atom is 0.0707 e. The van der Waals surface area contributed by atoms with Crippen molar-refractivity contribution in [3.63, 3.8) is 0 Å². The standard InChI is InChI=1S/C17H22N2S2.ClH/c1-2-16(20-10-1)17-14-6-11-21-15(14)5-9-19(17)12-13-3-7-18-8-4-13;/h1-2,6,10-11,13,17-18H,3-5,7-9,12H2;1H. The van der Waals surface area contributed by atoms with Gasteiger partial charge >= 0.3 is 0 Å². The molecule has 120 valence electrons. The monoisotopic (exact) mass is 354 g/mol. The summed E-state index contributed by atoms with van der Waals surface area (Å²) in [5, 5.41) is 7.99. The minimum absolute atomic E-state index is 0. The summed E-state index contributed by atoms with van der Waals surface area (Å²) in [6, 6.07) is 7.38. The van der Waals surface area contributed by atoms with E-state index in [9.17, 15) is 0 Å². The normalized spacial score (nSPS) is 23.0. The molecule has 2 nitrogen and oxygen atoms in total. The van der Waals surface area contributed by atoms with Crippen LogP contribution >= 0.6 is 35.1 Å². The van der Waals surface area contributed by atoms with Crippen molar-refractivity contribution in [1.29, 1.82) is 0 Å². The van der Waals surface area contributed by atoms with Crippen LogP contribution in [0.3, 0.4) is 0 Å². The minimum Gasteiger partial charge on any atom is -0.317 e. The molecule has 0 aliphatic carbocycles. The van der Waals surface area contributed by atoms with E-state index in [2.05, 4.69) is 39.2 Å². The third kappa shape index (κ3) is 3.26.